The predicted molar refractivity (Wildman–Crippen MR) is 101 cm³/mol. The first kappa shape index (κ1) is 16.8. The zero-order chi connectivity index (χ0) is 18.9. The van der Waals surface area contributed by atoms with Crippen molar-refractivity contribution in [2.45, 2.75) is 12.7 Å². The molecule has 1 aliphatic rings. The monoisotopic (exact) mass is 396 g/mol. The molecule has 0 radical (unpaired) electrons. The number of para-hydroxylation sites is 2. The van der Waals surface area contributed by atoms with E-state index in [0.717, 1.165) is 22.3 Å². The molecule has 1 unspecified atom stereocenters. The lowest BCUT2D eigenvalue weighted by Gasteiger charge is -2.24. The molecule has 3 heterocycles. The summed E-state index contributed by atoms with van der Waals surface area (Å²) < 4.78 is 24.4. The van der Waals surface area contributed by atoms with Crippen molar-refractivity contribution in [2.24, 2.45) is 0 Å². The van der Waals surface area contributed by atoms with Crippen molar-refractivity contribution in [2.75, 3.05) is 13.7 Å². The molecular formula is C19H16N4O4S. The summed E-state index contributed by atoms with van der Waals surface area (Å²) in [6.07, 6.45) is -0.373. The summed E-state index contributed by atoms with van der Waals surface area (Å²) in [5, 5.41) is 13.8. The molecule has 4 aromatic rings. The summed E-state index contributed by atoms with van der Waals surface area (Å²) in [7, 11) is 1.63. The van der Waals surface area contributed by atoms with E-state index in [2.05, 4.69) is 15.3 Å². The lowest BCUT2D eigenvalue weighted by molar-refractivity contribution is 0.0835. The van der Waals surface area contributed by atoms with Gasteiger partial charge in [0.1, 0.15) is 24.7 Å². The van der Waals surface area contributed by atoms with Gasteiger partial charge >= 0.3 is 0 Å². The molecule has 0 spiro atoms. The van der Waals surface area contributed by atoms with E-state index in [-0.39, 0.29) is 6.10 Å². The van der Waals surface area contributed by atoms with Crippen molar-refractivity contribution in [3.63, 3.8) is 0 Å². The maximum absolute atomic E-state index is 6.02. The second-order valence-electron chi connectivity index (χ2n) is 6.08. The zero-order valence-corrected chi connectivity index (χ0v) is 15.8. The molecule has 5 rings (SSSR count). The van der Waals surface area contributed by atoms with E-state index >= 15 is 0 Å². The molecule has 142 valence electrons. The maximum Gasteiger partial charge on any atom is 0.234 e. The first-order valence-corrected chi connectivity index (χ1v) is 9.48. The van der Waals surface area contributed by atoms with Crippen LogP contribution in [-0.2, 0) is 6.61 Å². The van der Waals surface area contributed by atoms with E-state index in [1.807, 2.05) is 48.5 Å². The van der Waals surface area contributed by atoms with Crippen LogP contribution in [0.3, 0.4) is 0 Å². The Labute approximate surface area is 164 Å². The largest absolute Gasteiger partial charge is 0.497 e. The van der Waals surface area contributed by atoms with Gasteiger partial charge in [0.15, 0.2) is 28.4 Å². The Hall–Kier alpha value is -3.33. The van der Waals surface area contributed by atoms with Crippen molar-refractivity contribution in [3.8, 4) is 23.0 Å². The van der Waals surface area contributed by atoms with E-state index in [9.17, 15) is 0 Å². The fourth-order valence-electron chi connectivity index (χ4n) is 2.89. The highest BCUT2D eigenvalue weighted by molar-refractivity contribution is 7.16. The second-order valence-corrected chi connectivity index (χ2v) is 7.12. The molecule has 9 heteroatoms. The number of hydrogen-bond donors (Lipinski definition) is 0. The van der Waals surface area contributed by atoms with Crippen LogP contribution in [0.5, 0.6) is 23.0 Å². The van der Waals surface area contributed by atoms with Gasteiger partial charge in [-0.3, -0.25) is 0 Å². The number of methoxy groups -OCH3 is 1. The topological polar surface area (TPSA) is 80.0 Å². The Morgan fingerprint density at radius 2 is 1.86 bits per heavy atom. The molecule has 1 aliphatic heterocycles. The molecule has 0 aliphatic carbocycles. The number of ether oxygens (including phenoxy) is 4. The van der Waals surface area contributed by atoms with Gasteiger partial charge in [-0.1, -0.05) is 23.5 Å². The van der Waals surface area contributed by atoms with Gasteiger partial charge in [-0.05, 0) is 36.4 Å². The van der Waals surface area contributed by atoms with Crippen LogP contribution in [-0.4, -0.2) is 33.5 Å². The van der Waals surface area contributed by atoms with Crippen molar-refractivity contribution in [1.82, 2.24) is 19.8 Å². The van der Waals surface area contributed by atoms with Crippen LogP contribution in [0, 0.1) is 0 Å². The fraction of sp³-hybridized carbons (Fsp3) is 0.211. The highest BCUT2D eigenvalue weighted by Crippen LogP contribution is 2.35. The first-order valence-electron chi connectivity index (χ1n) is 8.66. The van der Waals surface area contributed by atoms with Gasteiger partial charge in [-0.2, -0.15) is 9.61 Å². The van der Waals surface area contributed by atoms with Crippen molar-refractivity contribution >= 4 is 16.3 Å². The summed E-state index contributed by atoms with van der Waals surface area (Å²) in [6.45, 7) is 0.692. The molecule has 28 heavy (non-hydrogen) atoms. The number of benzene rings is 2. The third kappa shape index (κ3) is 3.09. The summed E-state index contributed by atoms with van der Waals surface area (Å²) in [4.78, 5) is 0.686. The average molecular weight is 396 g/mol. The summed E-state index contributed by atoms with van der Waals surface area (Å²) in [5.74, 6) is 3.55. The van der Waals surface area contributed by atoms with E-state index in [1.54, 1.807) is 11.6 Å². The van der Waals surface area contributed by atoms with Crippen LogP contribution in [0.15, 0.2) is 48.5 Å². The Bertz CT molecular complexity index is 1110. The van der Waals surface area contributed by atoms with Crippen molar-refractivity contribution in [1.29, 1.82) is 0 Å². The molecule has 0 saturated carbocycles. The number of fused-ring (bicyclic) bond motifs is 2. The molecule has 0 N–H and O–H groups in total. The fourth-order valence-corrected chi connectivity index (χ4v) is 3.65. The van der Waals surface area contributed by atoms with Gasteiger partial charge in [-0.25, -0.2) is 0 Å². The summed E-state index contributed by atoms with van der Waals surface area (Å²) in [5.41, 5.74) is 0. The van der Waals surface area contributed by atoms with E-state index in [4.69, 9.17) is 18.9 Å². The minimum Gasteiger partial charge on any atom is -0.497 e. The molecule has 0 bridgehead atoms. The smallest absolute Gasteiger partial charge is 0.234 e. The van der Waals surface area contributed by atoms with Gasteiger partial charge in [-0.15, -0.1) is 10.2 Å². The van der Waals surface area contributed by atoms with Gasteiger partial charge in [0.05, 0.1) is 7.11 Å². The first-order chi connectivity index (χ1) is 13.8. The minimum atomic E-state index is -0.373. The van der Waals surface area contributed by atoms with Crippen molar-refractivity contribution < 1.29 is 18.9 Å². The molecule has 0 saturated heterocycles. The Kier molecular flexibility index (Phi) is 4.21. The lowest BCUT2D eigenvalue weighted by Crippen LogP contribution is -2.23. The molecule has 1 atom stereocenters. The van der Waals surface area contributed by atoms with Gasteiger partial charge < -0.3 is 18.9 Å². The van der Waals surface area contributed by atoms with Crippen LogP contribution in [0.25, 0.3) is 4.96 Å². The lowest BCUT2D eigenvalue weighted by atomic mass is 10.2. The van der Waals surface area contributed by atoms with Crippen LogP contribution in [0.2, 0.25) is 0 Å². The number of aromatic nitrogens is 4. The molecule has 8 nitrogen and oxygen atoms in total. The summed E-state index contributed by atoms with van der Waals surface area (Å²) in [6, 6.07) is 15.0. The molecule has 0 fully saturated rings. The van der Waals surface area contributed by atoms with Gasteiger partial charge in [0.2, 0.25) is 4.96 Å². The Balaban J connectivity index is 1.33. The quantitative estimate of drug-likeness (QED) is 0.512. The predicted octanol–water partition coefficient (Wildman–Crippen LogP) is 3.29. The van der Waals surface area contributed by atoms with E-state index in [1.165, 1.54) is 11.3 Å². The molecular weight excluding hydrogens is 380 g/mol. The second kappa shape index (κ2) is 7.01. The minimum absolute atomic E-state index is 0.338. The molecule has 2 aromatic heterocycles. The average Bonchev–Trinajstić information content (AvgIpc) is 3.32. The van der Waals surface area contributed by atoms with Crippen molar-refractivity contribution in [3.05, 3.63) is 59.4 Å². The normalized spacial score (nSPS) is 15.5. The summed E-state index contributed by atoms with van der Waals surface area (Å²) >= 11 is 1.43. The van der Waals surface area contributed by atoms with Crippen LogP contribution >= 0.6 is 11.3 Å². The third-order valence-electron chi connectivity index (χ3n) is 4.28. The Morgan fingerprint density at radius 3 is 2.68 bits per heavy atom. The van der Waals surface area contributed by atoms with Crippen LogP contribution < -0.4 is 18.9 Å². The highest BCUT2D eigenvalue weighted by Gasteiger charge is 2.28. The SMILES string of the molecule is COc1ccc(OCc2nn3c(C4COc5ccccc5O4)nnc3s2)cc1. The zero-order valence-electron chi connectivity index (χ0n) is 14.9. The number of rotatable bonds is 5. The molecule has 0 amide bonds. The van der Waals surface area contributed by atoms with Gasteiger partial charge in [0, 0.05) is 0 Å². The number of hydrogen-bond acceptors (Lipinski definition) is 8. The van der Waals surface area contributed by atoms with E-state index in [0.29, 0.717) is 29.7 Å². The van der Waals surface area contributed by atoms with Gasteiger partial charge in [0.25, 0.3) is 0 Å². The Morgan fingerprint density at radius 1 is 1.07 bits per heavy atom. The third-order valence-corrected chi connectivity index (χ3v) is 5.15. The highest BCUT2D eigenvalue weighted by atomic mass is 32.1. The maximum atomic E-state index is 6.02. The number of nitrogens with zero attached hydrogens (tertiary/aromatic N) is 4. The van der Waals surface area contributed by atoms with E-state index < -0.39 is 0 Å². The standard InChI is InChI=1S/C19H16N4O4S/c1-24-12-6-8-13(9-7-12)25-11-17-22-23-18(20-21-19(23)28-17)16-10-26-14-4-2-3-5-15(14)27-16/h2-9,16H,10-11H2,1H3. The van der Waals surface area contributed by atoms with Crippen LogP contribution in [0.4, 0.5) is 0 Å². The van der Waals surface area contributed by atoms with Crippen LogP contribution in [0.1, 0.15) is 16.9 Å². The molecule has 2 aromatic carbocycles.